The molecule has 1 aromatic carbocycles. The van der Waals surface area contributed by atoms with Crippen LogP contribution in [0.15, 0.2) is 6.07 Å². The molecule has 5 nitrogen and oxygen atoms in total. The maximum Gasteiger partial charge on any atom is 0.329 e. The molecule has 0 aliphatic heterocycles. The van der Waals surface area contributed by atoms with Crippen LogP contribution in [0.4, 0.5) is 17.6 Å². The van der Waals surface area contributed by atoms with E-state index in [9.17, 15) is 31.9 Å². The third-order valence-electron chi connectivity index (χ3n) is 3.37. The first-order valence-electron chi connectivity index (χ1n) is 6.45. The van der Waals surface area contributed by atoms with Gasteiger partial charge in [-0.25, -0.2) is 17.6 Å². The van der Waals surface area contributed by atoms with Gasteiger partial charge in [0.25, 0.3) is 0 Å². The largest absolute Gasteiger partial charge is 0.480 e. The summed E-state index contributed by atoms with van der Waals surface area (Å²) in [7, 11) is 0. The lowest BCUT2D eigenvalue weighted by molar-refractivity contribution is -0.160. The van der Waals surface area contributed by atoms with Crippen LogP contribution in [0, 0.1) is 28.7 Å². The Kier molecular flexibility index (Phi) is 5.46. The number of Topliss-reactive ketones (excluding diaryl/α,β-unsaturated/α-hetero) is 1. The van der Waals surface area contributed by atoms with Crippen molar-refractivity contribution < 1.29 is 42.2 Å². The van der Waals surface area contributed by atoms with E-state index in [0.29, 0.717) is 6.42 Å². The van der Waals surface area contributed by atoms with Gasteiger partial charge < -0.3 is 10.2 Å². The minimum absolute atomic E-state index is 0.0296. The highest BCUT2D eigenvalue weighted by atomic mass is 19.2. The molecule has 2 N–H and O–H groups in total. The average molecular weight is 336 g/mol. The fourth-order valence-corrected chi connectivity index (χ4v) is 2.02. The Morgan fingerprint density at radius 1 is 1.00 bits per heavy atom. The molecule has 0 aliphatic carbocycles. The van der Waals surface area contributed by atoms with Crippen molar-refractivity contribution in [2.45, 2.75) is 26.2 Å². The van der Waals surface area contributed by atoms with Crippen LogP contribution >= 0.6 is 0 Å². The van der Waals surface area contributed by atoms with E-state index in [1.165, 1.54) is 0 Å². The maximum atomic E-state index is 13.7. The Morgan fingerprint density at radius 3 is 1.96 bits per heavy atom. The molecule has 0 saturated heterocycles. The second-order valence-electron chi connectivity index (χ2n) is 4.80. The van der Waals surface area contributed by atoms with Gasteiger partial charge in [-0.05, 0) is 12.5 Å². The molecular formula is C14H12F4O5. The monoisotopic (exact) mass is 336 g/mol. The van der Waals surface area contributed by atoms with E-state index >= 15 is 0 Å². The van der Waals surface area contributed by atoms with Crippen molar-refractivity contribution in [3.63, 3.8) is 0 Å². The number of carboxylic acids is 2. The molecule has 0 aromatic heterocycles. The van der Waals surface area contributed by atoms with E-state index < -0.39 is 58.4 Å². The molecule has 1 aromatic rings. The summed E-state index contributed by atoms with van der Waals surface area (Å²) in [5.41, 5.74) is -4.59. The maximum absolute atomic E-state index is 13.7. The zero-order valence-electron chi connectivity index (χ0n) is 11.8. The van der Waals surface area contributed by atoms with E-state index in [-0.39, 0.29) is 12.5 Å². The molecule has 0 saturated carbocycles. The first kappa shape index (κ1) is 18.6. The minimum atomic E-state index is -3.12. The van der Waals surface area contributed by atoms with Crippen LogP contribution in [-0.4, -0.2) is 27.9 Å². The van der Waals surface area contributed by atoms with Gasteiger partial charge in [-0.1, -0.05) is 19.8 Å². The van der Waals surface area contributed by atoms with E-state index in [4.69, 9.17) is 10.2 Å². The van der Waals surface area contributed by atoms with Gasteiger partial charge in [0.2, 0.25) is 5.41 Å². The van der Waals surface area contributed by atoms with Crippen LogP contribution < -0.4 is 0 Å². The second kappa shape index (κ2) is 6.76. The number of aliphatic carboxylic acids is 2. The Morgan fingerprint density at radius 2 is 1.52 bits per heavy atom. The number of halogens is 4. The summed E-state index contributed by atoms with van der Waals surface area (Å²) in [6.45, 7) is 1.58. The lowest BCUT2D eigenvalue weighted by Crippen LogP contribution is -2.47. The number of rotatable bonds is 7. The van der Waals surface area contributed by atoms with Gasteiger partial charge in [0, 0.05) is 0 Å². The smallest absolute Gasteiger partial charge is 0.329 e. The van der Waals surface area contributed by atoms with Crippen LogP contribution in [-0.2, 0) is 9.59 Å². The molecule has 0 bridgehead atoms. The number of carbonyl (C=O) groups is 3. The number of unbranched alkanes of at least 4 members (excludes halogenated alkanes) is 1. The molecule has 0 aliphatic rings. The summed E-state index contributed by atoms with van der Waals surface area (Å²) < 4.78 is 53.0. The molecule has 0 spiro atoms. The van der Waals surface area contributed by atoms with Crippen LogP contribution in [0.25, 0.3) is 0 Å². The van der Waals surface area contributed by atoms with E-state index in [0.717, 1.165) is 0 Å². The first-order valence-corrected chi connectivity index (χ1v) is 6.45. The quantitative estimate of drug-likeness (QED) is 0.263. The van der Waals surface area contributed by atoms with Crippen LogP contribution in [0.2, 0.25) is 0 Å². The van der Waals surface area contributed by atoms with Crippen molar-refractivity contribution in [2.75, 3.05) is 0 Å². The van der Waals surface area contributed by atoms with Crippen molar-refractivity contribution in [2.24, 2.45) is 5.41 Å². The highest BCUT2D eigenvalue weighted by Gasteiger charge is 2.54. The van der Waals surface area contributed by atoms with E-state index in [2.05, 4.69) is 0 Å². The molecule has 126 valence electrons. The molecule has 0 radical (unpaired) electrons. The summed E-state index contributed by atoms with van der Waals surface area (Å²) >= 11 is 0. The number of carbonyl (C=O) groups excluding carboxylic acids is 1. The molecular weight excluding hydrogens is 324 g/mol. The second-order valence-corrected chi connectivity index (χ2v) is 4.80. The van der Waals surface area contributed by atoms with E-state index in [1.807, 2.05) is 0 Å². The van der Waals surface area contributed by atoms with Gasteiger partial charge >= 0.3 is 11.9 Å². The first-order chi connectivity index (χ1) is 10.6. The van der Waals surface area contributed by atoms with E-state index in [1.54, 1.807) is 6.92 Å². The van der Waals surface area contributed by atoms with Gasteiger partial charge in [0.05, 0.1) is 5.56 Å². The fraction of sp³-hybridized carbons (Fsp3) is 0.357. The average Bonchev–Trinajstić information content (AvgIpc) is 2.48. The lowest BCUT2D eigenvalue weighted by Gasteiger charge is -2.23. The number of benzene rings is 1. The van der Waals surface area contributed by atoms with Crippen molar-refractivity contribution in [3.05, 3.63) is 34.9 Å². The highest BCUT2D eigenvalue weighted by Crippen LogP contribution is 2.33. The Balaban J connectivity index is 3.59. The predicted octanol–water partition coefficient (Wildman–Crippen LogP) is 2.77. The topological polar surface area (TPSA) is 91.7 Å². The van der Waals surface area contributed by atoms with Crippen LogP contribution in [0.3, 0.4) is 0 Å². The van der Waals surface area contributed by atoms with Crippen LogP contribution in [0.5, 0.6) is 0 Å². The zero-order chi connectivity index (χ0) is 17.9. The van der Waals surface area contributed by atoms with Gasteiger partial charge in [-0.15, -0.1) is 0 Å². The standard InChI is InChI=1S/C14H12F4O5/c1-2-3-4-14(12(20)21,13(22)23)11(19)6-5-7(15)9(17)10(18)8(6)16/h5H,2-4H2,1H3,(H,20,21)(H,22,23). The molecule has 0 amide bonds. The summed E-state index contributed by atoms with van der Waals surface area (Å²) in [6.07, 6.45) is -0.435. The van der Waals surface area contributed by atoms with Gasteiger partial charge in [-0.2, -0.15) is 0 Å². The number of hydrogen-bond acceptors (Lipinski definition) is 3. The predicted molar refractivity (Wildman–Crippen MR) is 67.8 cm³/mol. The molecule has 0 fully saturated rings. The molecule has 9 heteroatoms. The minimum Gasteiger partial charge on any atom is -0.480 e. The van der Waals surface area contributed by atoms with Crippen LogP contribution in [0.1, 0.15) is 36.5 Å². The molecule has 0 unspecified atom stereocenters. The van der Waals surface area contributed by atoms with Crippen molar-refractivity contribution >= 4 is 17.7 Å². The summed E-state index contributed by atoms with van der Waals surface area (Å²) in [6, 6.07) is -0.0529. The lowest BCUT2D eigenvalue weighted by atomic mass is 9.76. The number of hydrogen-bond donors (Lipinski definition) is 2. The number of ketones is 1. The number of carboxylic acid groups (broad SMARTS) is 2. The third-order valence-corrected chi connectivity index (χ3v) is 3.37. The van der Waals surface area contributed by atoms with Crippen molar-refractivity contribution in [1.82, 2.24) is 0 Å². The van der Waals surface area contributed by atoms with Gasteiger partial charge in [0.1, 0.15) is 0 Å². The van der Waals surface area contributed by atoms with Crippen molar-refractivity contribution in [1.29, 1.82) is 0 Å². The molecule has 0 heterocycles. The highest BCUT2D eigenvalue weighted by molar-refractivity contribution is 6.24. The third kappa shape index (κ3) is 3.03. The Bertz CT molecular complexity index is 658. The van der Waals surface area contributed by atoms with Crippen molar-refractivity contribution in [3.8, 4) is 0 Å². The SMILES string of the molecule is CCCCC(C(=O)O)(C(=O)O)C(=O)c1cc(F)c(F)c(F)c1F. The normalized spacial score (nSPS) is 11.3. The summed E-state index contributed by atoms with van der Waals surface area (Å²) in [4.78, 5) is 34.9. The molecule has 0 atom stereocenters. The summed E-state index contributed by atoms with van der Waals surface area (Å²) in [5.74, 6) is -14.7. The Hall–Kier alpha value is -2.45. The summed E-state index contributed by atoms with van der Waals surface area (Å²) in [5, 5.41) is 18.3. The zero-order valence-corrected chi connectivity index (χ0v) is 11.8. The Labute approximate surface area is 127 Å². The molecule has 1 rings (SSSR count). The fourth-order valence-electron chi connectivity index (χ4n) is 2.02. The van der Waals surface area contributed by atoms with Gasteiger partial charge in [-0.3, -0.25) is 14.4 Å². The van der Waals surface area contributed by atoms with Gasteiger partial charge in [0.15, 0.2) is 29.1 Å². The molecule has 23 heavy (non-hydrogen) atoms.